The van der Waals surface area contributed by atoms with Crippen LogP contribution in [-0.2, 0) is 4.79 Å². The van der Waals surface area contributed by atoms with Crippen molar-refractivity contribution in [3.8, 4) is 5.75 Å². The Labute approximate surface area is 161 Å². The van der Waals surface area contributed by atoms with Crippen LogP contribution in [0.15, 0.2) is 24.3 Å². The summed E-state index contributed by atoms with van der Waals surface area (Å²) in [6, 6.07) is 7.48. The molecule has 1 aromatic carbocycles. The maximum Gasteiger partial charge on any atom is 0.226 e. The number of halogens is 3. The molecule has 1 saturated heterocycles. The summed E-state index contributed by atoms with van der Waals surface area (Å²) in [7, 11) is 0. The third-order valence-electron chi connectivity index (χ3n) is 3.96. The van der Waals surface area contributed by atoms with Crippen molar-refractivity contribution < 1.29 is 9.53 Å². The predicted molar refractivity (Wildman–Crippen MR) is 103 cm³/mol. The topological polar surface area (TPSA) is 58.8 Å². The van der Waals surface area contributed by atoms with Gasteiger partial charge in [-0.2, -0.15) is 0 Å². The monoisotopic (exact) mass is 397 g/mol. The van der Waals surface area contributed by atoms with Gasteiger partial charge >= 0.3 is 0 Å². The summed E-state index contributed by atoms with van der Waals surface area (Å²) < 4.78 is 5.70. The predicted octanol–water partition coefficient (Wildman–Crippen LogP) is 2.30. The van der Waals surface area contributed by atoms with E-state index in [-0.39, 0.29) is 36.6 Å². The molecule has 138 valence electrons. The summed E-state index contributed by atoms with van der Waals surface area (Å²) in [5.74, 6) is 0.791. The van der Waals surface area contributed by atoms with Crippen LogP contribution in [0.25, 0.3) is 0 Å². The molecule has 1 heterocycles. The zero-order valence-electron chi connectivity index (χ0n) is 13.8. The molecular weight excluding hydrogens is 373 g/mol. The van der Waals surface area contributed by atoms with Crippen molar-refractivity contribution in [2.75, 3.05) is 45.9 Å². The van der Waals surface area contributed by atoms with Crippen molar-refractivity contribution in [1.29, 1.82) is 0 Å². The number of rotatable bonds is 6. The lowest BCUT2D eigenvalue weighted by atomic mass is 10.1. The molecule has 0 aromatic heterocycles. The maximum atomic E-state index is 12.1. The van der Waals surface area contributed by atoms with Crippen molar-refractivity contribution in [1.82, 2.24) is 9.80 Å². The lowest BCUT2D eigenvalue weighted by Crippen LogP contribution is -2.51. The first-order valence-corrected chi connectivity index (χ1v) is 8.08. The molecule has 1 aliphatic heterocycles. The van der Waals surface area contributed by atoms with Crippen LogP contribution < -0.4 is 10.5 Å². The van der Waals surface area contributed by atoms with Gasteiger partial charge in [-0.05, 0) is 12.1 Å². The Balaban J connectivity index is 0.00000264. The normalized spacial score (nSPS) is 15.9. The Morgan fingerprint density at radius 2 is 1.88 bits per heavy atom. The highest BCUT2D eigenvalue weighted by Gasteiger charge is 2.23. The van der Waals surface area contributed by atoms with Crippen LogP contribution in [0.3, 0.4) is 0 Å². The molecule has 2 N–H and O–H groups in total. The molecule has 1 fully saturated rings. The molecule has 2 rings (SSSR count). The van der Waals surface area contributed by atoms with Crippen LogP contribution in [0, 0.1) is 5.92 Å². The average molecular weight is 399 g/mol. The van der Waals surface area contributed by atoms with Gasteiger partial charge < -0.3 is 15.4 Å². The number of nitrogens with two attached hydrogens (primary N) is 1. The van der Waals surface area contributed by atoms with Crippen LogP contribution >= 0.6 is 36.4 Å². The standard InChI is InChI=1S/C16H24ClN3O2.2ClH/c1-13(12-18)16(21)20-8-6-19(7-9-20)10-11-22-15-5-3-2-4-14(15)17;;/h2-5,13H,6-12,18H2,1H3;2*1H. The molecule has 0 bridgehead atoms. The van der Waals surface area contributed by atoms with E-state index in [0.29, 0.717) is 18.2 Å². The number of ether oxygens (including phenoxy) is 1. The van der Waals surface area contributed by atoms with Crippen LogP contribution in [0.5, 0.6) is 5.75 Å². The van der Waals surface area contributed by atoms with E-state index >= 15 is 0 Å². The van der Waals surface area contributed by atoms with Crippen LogP contribution in [0.4, 0.5) is 0 Å². The first-order chi connectivity index (χ1) is 10.6. The number of hydrogen-bond acceptors (Lipinski definition) is 4. The highest BCUT2D eigenvalue weighted by Crippen LogP contribution is 2.22. The second kappa shape index (κ2) is 11.8. The zero-order valence-corrected chi connectivity index (χ0v) is 16.2. The van der Waals surface area contributed by atoms with Crippen molar-refractivity contribution in [2.24, 2.45) is 11.7 Å². The number of amides is 1. The molecule has 1 aromatic rings. The molecule has 0 aliphatic carbocycles. The van der Waals surface area contributed by atoms with E-state index in [1.807, 2.05) is 36.1 Å². The molecular formula is C16H26Cl3N3O2. The smallest absolute Gasteiger partial charge is 0.226 e. The van der Waals surface area contributed by atoms with Crippen LogP contribution in [0.2, 0.25) is 5.02 Å². The minimum atomic E-state index is -0.0879. The Hall–Kier alpha value is -0.720. The van der Waals surface area contributed by atoms with Gasteiger partial charge in [0, 0.05) is 45.2 Å². The van der Waals surface area contributed by atoms with Gasteiger partial charge in [0.25, 0.3) is 0 Å². The van der Waals surface area contributed by atoms with E-state index in [2.05, 4.69) is 4.90 Å². The molecule has 1 unspecified atom stereocenters. The minimum absolute atomic E-state index is 0. The lowest BCUT2D eigenvalue weighted by molar-refractivity contribution is -0.136. The molecule has 0 radical (unpaired) electrons. The van der Waals surface area contributed by atoms with Gasteiger partial charge in [0.05, 0.1) is 5.02 Å². The van der Waals surface area contributed by atoms with Crippen molar-refractivity contribution in [2.45, 2.75) is 6.92 Å². The number of para-hydroxylation sites is 1. The highest BCUT2D eigenvalue weighted by molar-refractivity contribution is 6.32. The fourth-order valence-electron chi connectivity index (χ4n) is 2.45. The molecule has 1 atom stereocenters. The molecule has 1 aliphatic rings. The van der Waals surface area contributed by atoms with Crippen molar-refractivity contribution >= 4 is 42.3 Å². The molecule has 5 nitrogen and oxygen atoms in total. The Morgan fingerprint density at radius 3 is 2.46 bits per heavy atom. The molecule has 0 saturated carbocycles. The number of benzene rings is 1. The van der Waals surface area contributed by atoms with Crippen molar-refractivity contribution in [3.63, 3.8) is 0 Å². The highest BCUT2D eigenvalue weighted by atomic mass is 35.5. The van der Waals surface area contributed by atoms with Gasteiger partial charge in [0.2, 0.25) is 5.91 Å². The van der Waals surface area contributed by atoms with E-state index in [1.54, 1.807) is 0 Å². The number of hydrogen-bond donors (Lipinski definition) is 1. The van der Waals surface area contributed by atoms with E-state index in [0.717, 1.165) is 38.5 Å². The van der Waals surface area contributed by atoms with Gasteiger partial charge in [-0.15, -0.1) is 24.8 Å². The molecule has 24 heavy (non-hydrogen) atoms. The summed E-state index contributed by atoms with van der Waals surface area (Å²) in [5, 5.41) is 0.633. The van der Waals surface area contributed by atoms with E-state index in [1.165, 1.54) is 0 Å². The lowest BCUT2D eigenvalue weighted by Gasteiger charge is -2.35. The third kappa shape index (κ3) is 6.65. The van der Waals surface area contributed by atoms with Crippen molar-refractivity contribution in [3.05, 3.63) is 29.3 Å². The quantitative estimate of drug-likeness (QED) is 0.799. The minimum Gasteiger partial charge on any atom is -0.491 e. The number of carbonyl (C=O) groups is 1. The van der Waals surface area contributed by atoms with Gasteiger partial charge in [0.15, 0.2) is 0 Å². The van der Waals surface area contributed by atoms with Gasteiger partial charge in [-0.1, -0.05) is 30.7 Å². The number of piperazine rings is 1. The maximum absolute atomic E-state index is 12.1. The average Bonchev–Trinajstić information content (AvgIpc) is 2.56. The van der Waals surface area contributed by atoms with E-state index in [4.69, 9.17) is 22.1 Å². The van der Waals surface area contributed by atoms with E-state index < -0.39 is 0 Å². The van der Waals surface area contributed by atoms with Crippen LogP contribution in [0.1, 0.15) is 6.92 Å². The summed E-state index contributed by atoms with van der Waals surface area (Å²) in [6.45, 7) is 6.97. The number of nitrogens with zero attached hydrogens (tertiary/aromatic N) is 2. The molecule has 1 amide bonds. The second-order valence-corrected chi connectivity index (χ2v) is 5.99. The first kappa shape index (κ1) is 23.3. The number of carbonyl (C=O) groups excluding carboxylic acids is 1. The van der Waals surface area contributed by atoms with E-state index in [9.17, 15) is 4.79 Å². The summed E-state index contributed by atoms with van der Waals surface area (Å²) in [4.78, 5) is 16.3. The van der Waals surface area contributed by atoms with Gasteiger partial charge in [-0.3, -0.25) is 9.69 Å². The second-order valence-electron chi connectivity index (χ2n) is 5.58. The molecule has 0 spiro atoms. The Morgan fingerprint density at radius 1 is 1.25 bits per heavy atom. The summed E-state index contributed by atoms with van der Waals surface area (Å²) >= 11 is 6.05. The zero-order chi connectivity index (χ0) is 15.9. The largest absolute Gasteiger partial charge is 0.491 e. The molecule has 8 heteroatoms. The Bertz CT molecular complexity index is 497. The van der Waals surface area contributed by atoms with Crippen LogP contribution in [-0.4, -0.2) is 61.6 Å². The Kier molecular flexibility index (Phi) is 11.4. The van der Waals surface area contributed by atoms with Gasteiger partial charge in [0.1, 0.15) is 12.4 Å². The third-order valence-corrected chi connectivity index (χ3v) is 4.27. The fourth-order valence-corrected chi connectivity index (χ4v) is 2.64. The SMILES string of the molecule is CC(CN)C(=O)N1CCN(CCOc2ccccc2Cl)CC1.Cl.Cl. The first-order valence-electron chi connectivity index (χ1n) is 7.70. The summed E-state index contributed by atoms with van der Waals surface area (Å²) in [6.07, 6.45) is 0. The fraction of sp³-hybridized carbons (Fsp3) is 0.562. The summed E-state index contributed by atoms with van der Waals surface area (Å²) in [5.41, 5.74) is 5.55. The van der Waals surface area contributed by atoms with Gasteiger partial charge in [-0.25, -0.2) is 0 Å².